The SMILES string of the molecule is CCOC(CCNC(=NC)NCC1CCCO1)C(C)C. The van der Waals surface area contributed by atoms with Gasteiger partial charge in [-0.05, 0) is 32.1 Å². The van der Waals surface area contributed by atoms with Gasteiger partial charge in [0.2, 0.25) is 0 Å². The predicted octanol–water partition coefficient (Wildman–Crippen LogP) is 1.78. The van der Waals surface area contributed by atoms with E-state index in [0.717, 1.165) is 45.1 Å². The Morgan fingerprint density at radius 1 is 1.40 bits per heavy atom. The van der Waals surface area contributed by atoms with E-state index >= 15 is 0 Å². The van der Waals surface area contributed by atoms with Gasteiger partial charge in [-0.1, -0.05) is 13.8 Å². The van der Waals surface area contributed by atoms with E-state index in [-0.39, 0.29) is 0 Å². The molecule has 0 bridgehead atoms. The summed E-state index contributed by atoms with van der Waals surface area (Å²) in [5.74, 6) is 1.39. The highest BCUT2D eigenvalue weighted by molar-refractivity contribution is 5.79. The minimum atomic E-state index is 0.309. The Bertz CT molecular complexity index is 276. The average molecular weight is 285 g/mol. The van der Waals surface area contributed by atoms with Crippen molar-refractivity contribution in [2.75, 3.05) is 33.4 Å². The molecule has 1 heterocycles. The molecule has 0 amide bonds. The lowest BCUT2D eigenvalue weighted by molar-refractivity contribution is 0.0258. The first kappa shape index (κ1) is 17.2. The summed E-state index contributed by atoms with van der Waals surface area (Å²) in [6.45, 7) is 9.81. The Morgan fingerprint density at radius 3 is 2.75 bits per heavy atom. The predicted molar refractivity (Wildman–Crippen MR) is 83.2 cm³/mol. The van der Waals surface area contributed by atoms with Crippen LogP contribution in [0.15, 0.2) is 4.99 Å². The Labute approximate surface area is 123 Å². The van der Waals surface area contributed by atoms with E-state index < -0.39 is 0 Å². The maximum atomic E-state index is 5.74. The molecule has 2 unspecified atom stereocenters. The lowest BCUT2D eigenvalue weighted by Crippen LogP contribution is -2.42. The molecule has 2 N–H and O–H groups in total. The molecule has 1 saturated heterocycles. The molecule has 0 aromatic carbocycles. The fourth-order valence-corrected chi connectivity index (χ4v) is 2.39. The Kier molecular flexibility index (Phi) is 8.62. The highest BCUT2D eigenvalue weighted by Gasteiger charge is 2.16. The molecule has 20 heavy (non-hydrogen) atoms. The van der Waals surface area contributed by atoms with Gasteiger partial charge in [-0.25, -0.2) is 0 Å². The zero-order valence-electron chi connectivity index (χ0n) is 13.4. The number of hydrogen-bond acceptors (Lipinski definition) is 3. The quantitative estimate of drug-likeness (QED) is 0.527. The van der Waals surface area contributed by atoms with Gasteiger partial charge in [-0.15, -0.1) is 0 Å². The first-order chi connectivity index (χ1) is 9.67. The van der Waals surface area contributed by atoms with Crippen LogP contribution in [0.5, 0.6) is 0 Å². The van der Waals surface area contributed by atoms with Gasteiger partial charge in [-0.3, -0.25) is 4.99 Å². The van der Waals surface area contributed by atoms with Crippen molar-refractivity contribution in [3.05, 3.63) is 0 Å². The topological polar surface area (TPSA) is 54.9 Å². The molecular formula is C15H31N3O2. The van der Waals surface area contributed by atoms with Crippen LogP contribution in [0.25, 0.3) is 0 Å². The van der Waals surface area contributed by atoms with Crippen LogP contribution in [0.3, 0.4) is 0 Å². The molecule has 0 saturated carbocycles. The summed E-state index contributed by atoms with van der Waals surface area (Å²) in [7, 11) is 1.80. The summed E-state index contributed by atoms with van der Waals surface area (Å²) >= 11 is 0. The minimum Gasteiger partial charge on any atom is -0.378 e. The summed E-state index contributed by atoms with van der Waals surface area (Å²) in [4.78, 5) is 4.23. The maximum absolute atomic E-state index is 5.74. The smallest absolute Gasteiger partial charge is 0.191 e. The first-order valence-electron chi connectivity index (χ1n) is 7.85. The van der Waals surface area contributed by atoms with Crippen molar-refractivity contribution in [3.63, 3.8) is 0 Å². The monoisotopic (exact) mass is 285 g/mol. The van der Waals surface area contributed by atoms with Crippen molar-refractivity contribution in [1.29, 1.82) is 0 Å². The van der Waals surface area contributed by atoms with Crippen molar-refractivity contribution >= 4 is 5.96 Å². The number of ether oxygens (including phenoxy) is 2. The normalized spacial score (nSPS) is 21.2. The maximum Gasteiger partial charge on any atom is 0.191 e. The van der Waals surface area contributed by atoms with E-state index in [1.165, 1.54) is 6.42 Å². The van der Waals surface area contributed by atoms with E-state index in [2.05, 4.69) is 29.5 Å². The van der Waals surface area contributed by atoms with Crippen LogP contribution in [0.4, 0.5) is 0 Å². The molecule has 5 nitrogen and oxygen atoms in total. The number of nitrogens with zero attached hydrogens (tertiary/aromatic N) is 1. The van der Waals surface area contributed by atoms with Gasteiger partial charge in [0, 0.05) is 33.4 Å². The second-order valence-electron chi connectivity index (χ2n) is 5.54. The summed E-state index contributed by atoms with van der Waals surface area (Å²) in [6, 6.07) is 0. The Hall–Kier alpha value is -0.810. The summed E-state index contributed by atoms with van der Waals surface area (Å²) in [5.41, 5.74) is 0. The van der Waals surface area contributed by atoms with E-state index in [9.17, 15) is 0 Å². The third-order valence-corrected chi connectivity index (χ3v) is 3.59. The van der Waals surface area contributed by atoms with Crippen LogP contribution in [0.2, 0.25) is 0 Å². The van der Waals surface area contributed by atoms with Gasteiger partial charge in [0.05, 0.1) is 12.2 Å². The molecule has 0 aromatic heterocycles. The highest BCUT2D eigenvalue weighted by atomic mass is 16.5. The molecule has 0 aromatic rings. The number of nitrogens with one attached hydrogen (secondary N) is 2. The van der Waals surface area contributed by atoms with Gasteiger partial charge in [0.1, 0.15) is 0 Å². The second-order valence-corrected chi connectivity index (χ2v) is 5.54. The van der Waals surface area contributed by atoms with Crippen LogP contribution in [0, 0.1) is 5.92 Å². The number of guanidine groups is 1. The Morgan fingerprint density at radius 2 is 2.20 bits per heavy atom. The van der Waals surface area contributed by atoms with Crippen molar-refractivity contribution in [1.82, 2.24) is 10.6 Å². The van der Waals surface area contributed by atoms with Gasteiger partial charge in [-0.2, -0.15) is 0 Å². The molecule has 1 aliphatic rings. The van der Waals surface area contributed by atoms with Gasteiger partial charge >= 0.3 is 0 Å². The molecule has 2 atom stereocenters. The van der Waals surface area contributed by atoms with Crippen LogP contribution < -0.4 is 10.6 Å². The van der Waals surface area contributed by atoms with Crippen LogP contribution in [-0.2, 0) is 9.47 Å². The van der Waals surface area contributed by atoms with Gasteiger partial charge in [0.25, 0.3) is 0 Å². The van der Waals surface area contributed by atoms with E-state index in [0.29, 0.717) is 18.1 Å². The van der Waals surface area contributed by atoms with Gasteiger partial charge in [0.15, 0.2) is 5.96 Å². The Balaban J connectivity index is 2.19. The molecule has 0 aliphatic carbocycles. The van der Waals surface area contributed by atoms with E-state index in [1.54, 1.807) is 7.05 Å². The largest absolute Gasteiger partial charge is 0.378 e. The second kappa shape index (κ2) is 10.00. The standard InChI is InChI=1S/C15H31N3O2/c1-5-19-14(12(2)3)8-9-17-15(16-4)18-11-13-7-6-10-20-13/h12-14H,5-11H2,1-4H3,(H2,16,17,18). The van der Waals surface area contributed by atoms with Crippen molar-refractivity contribution in [3.8, 4) is 0 Å². The number of rotatable bonds is 8. The van der Waals surface area contributed by atoms with Gasteiger partial charge < -0.3 is 20.1 Å². The van der Waals surface area contributed by atoms with Crippen LogP contribution >= 0.6 is 0 Å². The molecule has 0 radical (unpaired) electrons. The number of hydrogen-bond donors (Lipinski definition) is 2. The molecule has 1 fully saturated rings. The van der Waals surface area contributed by atoms with Crippen LogP contribution in [-0.4, -0.2) is 51.5 Å². The van der Waals surface area contributed by atoms with E-state index in [1.807, 2.05) is 6.92 Å². The summed E-state index contributed by atoms with van der Waals surface area (Å²) in [6.07, 6.45) is 3.95. The molecule has 1 rings (SSSR count). The van der Waals surface area contributed by atoms with Crippen molar-refractivity contribution in [2.45, 2.75) is 52.2 Å². The molecule has 5 heteroatoms. The third kappa shape index (κ3) is 6.57. The zero-order chi connectivity index (χ0) is 14.8. The fraction of sp³-hybridized carbons (Fsp3) is 0.933. The average Bonchev–Trinajstić information content (AvgIpc) is 2.94. The lowest BCUT2D eigenvalue weighted by Gasteiger charge is -2.22. The van der Waals surface area contributed by atoms with Crippen LogP contribution in [0.1, 0.15) is 40.0 Å². The molecule has 1 aliphatic heterocycles. The highest BCUT2D eigenvalue weighted by Crippen LogP contribution is 2.11. The lowest BCUT2D eigenvalue weighted by atomic mass is 10.0. The summed E-state index contributed by atoms with van der Waals surface area (Å²) in [5, 5.41) is 6.66. The molecular weight excluding hydrogens is 254 g/mol. The molecule has 0 spiro atoms. The minimum absolute atomic E-state index is 0.309. The third-order valence-electron chi connectivity index (χ3n) is 3.59. The number of aliphatic imine (C=N–C) groups is 1. The first-order valence-corrected chi connectivity index (χ1v) is 7.85. The van der Waals surface area contributed by atoms with E-state index in [4.69, 9.17) is 9.47 Å². The summed E-state index contributed by atoms with van der Waals surface area (Å²) < 4.78 is 11.3. The van der Waals surface area contributed by atoms with Crippen molar-refractivity contribution < 1.29 is 9.47 Å². The van der Waals surface area contributed by atoms with Crippen molar-refractivity contribution in [2.24, 2.45) is 10.9 Å². The zero-order valence-corrected chi connectivity index (χ0v) is 13.4. The fourth-order valence-electron chi connectivity index (χ4n) is 2.39. The molecule has 118 valence electrons.